The molecule has 1 aliphatic carbocycles. The average Bonchev–Trinajstić information content (AvgIpc) is 3.18. The summed E-state index contributed by atoms with van der Waals surface area (Å²) in [7, 11) is 0. The van der Waals surface area contributed by atoms with Gasteiger partial charge in [-0.2, -0.15) is 0 Å². The summed E-state index contributed by atoms with van der Waals surface area (Å²) >= 11 is 1.85. The number of anilines is 1. The fourth-order valence-electron chi connectivity index (χ4n) is 3.28. The number of hydrogen-bond donors (Lipinski definition) is 1. The zero-order valence-corrected chi connectivity index (χ0v) is 13.6. The third kappa shape index (κ3) is 3.49. The van der Waals surface area contributed by atoms with Gasteiger partial charge in [-0.1, -0.05) is 38.7 Å². The van der Waals surface area contributed by atoms with E-state index in [-0.39, 0.29) is 0 Å². The molecule has 1 aliphatic rings. The van der Waals surface area contributed by atoms with Gasteiger partial charge in [0.15, 0.2) is 0 Å². The van der Waals surface area contributed by atoms with Crippen molar-refractivity contribution in [3.05, 3.63) is 34.8 Å². The van der Waals surface area contributed by atoms with Gasteiger partial charge in [-0.3, -0.25) is 0 Å². The van der Waals surface area contributed by atoms with E-state index in [0.717, 1.165) is 12.4 Å². The highest BCUT2D eigenvalue weighted by Crippen LogP contribution is 2.31. The fraction of sp³-hybridized carbons (Fsp3) is 0.588. The SMILES string of the molecule is CCCC(c1cccs1)n1ccnc1NC1CCCCC1. The first-order valence-electron chi connectivity index (χ1n) is 8.21. The molecule has 2 aromatic heterocycles. The van der Waals surface area contributed by atoms with Crippen LogP contribution in [0.3, 0.4) is 0 Å². The number of rotatable bonds is 6. The molecule has 0 radical (unpaired) electrons. The highest BCUT2D eigenvalue weighted by atomic mass is 32.1. The second kappa shape index (κ2) is 7.12. The molecule has 4 heteroatoms. The predicted molar refractivity (Wildman–Crippen MR) is 90.1 cm³/mol. The minimum absolute atomic E-state index is 0.420. The van der Waals surface area contributed by atoms with Crippen LogP contribution in [0.4, 0.5) is 5.95 Å². The summed E-state index contributed by atoms with van der Waals surface area (Å²) in [5.74, 6) is 1.05. The first-order valence-corrected chi connectivity index (χ1v) is 9.09. The van der Waals surface area contributed by atoms with Crippen molar-refractivity contribution < 1.29 is 0 Å². The van der Waals surface area contributed by atoms with Gasteiger partial charge in [0.1, 0.15) is 0 Å². The molecule has 21 heavy (non-hydrogen) atoms. The first kappa shape index (κ1) is 14.6. The molecule has 2 aromatic rings. The summed E-state index contributed by atoms with van der Waals surface area (Å²) < 4.78 is 2.34. The van der Waals surface area contributed by atoms with Crippen LogP contribution in [0.15, 0.2) is 29.9 Å². The third-order valence-electron chi connectivity index (χ3n) is 4.38. The Bertz CT molecular complexity index is 526. The van der Waals surface area contributed by atoms with Crippen molar-refractivity contribution in [1.82, 2.24) is 9.55 Å². The molecule has 1 saturated carbocycles. The topological polar surface area (TPSA) is 29.9 Å². The molecule has 1 atom stereocenters. The smallest absolute Gasteiger partial charge is 0.203 e. The van der Waals surface area contributed by atoms with E-state index in [1.807, 2.05) is 17.5 Å². The molecule has 0 spiro atoms. The van der Waals surface area contributed by atoms with Crippen LogP contribution in [0.2, 0.25) is 0 Å². The van der Waals surface area contributed by atoms with Gasteiger partial charge in [-0.25, -0.2) is 4.98 Å². The van der Waals surface area contributed by atoms with Crippen molar-refractivity contribution in [1.29, 1.82) is 0 Å². The lowest BCUT2D eigenvalue weighted by atomic mass is 9.96. The molecule has 3 rings (SSSR count). The van der Waals surface area contributed by atoms with E-state index >= 15 is 0 Å². The fourth-order valence-corrected chi connectivity index (χ4v) is 4.14. The first-order chi connectivity index (χ1) is 10.4. The van der Waals surface area contributed by atoms with Gasteiger partial charge in [0.2, 0.25) is 5.95 Å². The molecule has 0 aliphatic heterocycles. The Morgan fingerprint density at radius 1 is 1.38 bits per heavy atom. The Morgan fingerprint density at radius 2 is 2.24 bits per heavy atom. The zero-order chi connectivity index (χ0) is 14.5. The summed E-state index contributed by atoms with van der Waals surface area (Å²) in [5.41, 5.74) is 0. The van der Waals surface area contributed by atoms with E-state index in [4.69, 9.17) is 0 Å². The van der Waals surface area contributed by atoms with Crippen molar-refractivity contribution in [2.45, 2.75) is 64.0 Å². The Balaban J connectivity index is 1.78. The van der Waals surface area contributed by atoms with Gasteiger partial charge >= 0.3 is 0 Å². The summed E-state index contributed by atoms with van der Waals surface area (Å²) in [6.07, 6.45) is 13.1. The Hall–Kier alpha value is -1.29. The van der Waals surface area contributed by atoms with Crippen LogP contribution in [0.25, 0.3) is 0 Å². The van der Waals surface area contributed by atoms with E-state index in [0.29, 0.717) is 12.1 Å². The van der Waals surface area contributed by atoms with E-state index in [2.05, 4.69) is 45.5 Å². The molecular formula is C17H25N3S. The minimum Gasteiger partial charge on any atom is -0.353 e. The van der Waals surface area contributed by atoms with Crippen LogP contribution in [0.1, 0.15) is 62.8 Å². The summed E-state index contributed by atoms with van der Waals surface area (Å²) in [4.78, 5) is 6.01. The lowest BCUT2D eigenvalue weighted by Gasteiger charge is -2.26. The van der Waals surface area contributed by atoms with Crippen LogP contribution in [0.5, 0.6) is 0 Å². The van der Waals surface area contributed by atoms with Crippen molar-refractivity contribution in [2.24, 2.45) is 0 Å². The minimum atomic E-state index is 0.420. The molecule has 0 bridgehead atoms. The van der Waals surface area contributed by atoms with Crippen LogP contribution in [-0.4, -0.2) is 15.6 Å². The van der Waals surface area contributed by atoms with Gasteiger partial charge in [-0.05, 0) is 30.7 Å². The van der Waals surface area contributed by atoms with Gasteiger partial charge in [0.25, 0.3) is 0 Å². The number of hydrogen-bond acceptors (Lipinski definition) is 3. The second-order valence-electron chi connectivity index (χ2n) is 5.96. The Kier molecular flexibility index (Phi) is 4.96. The van der Waals surface area contributed by atoms with Crippen molar-refractivity contribution in [3.8, 4) is 0 Å². The molecule has 1 N–H and O–H groups in total. The van der Waals surface area contributed by atoms with Crippen LogP contribution >= 0.6 is 11.3 Å². The van der Waals surface area contributed by atoms with Crippen LogP contribution < -0.4 is 5.32 Å². The molecule has 114 valence electrons. The highest BCUT2D eigenvalue weighted by molar-refractivity contribution is 7.10. The number of thiophene rings is 1. The molecular weight excluding hydrogens is 278 g/mol. The normalized spacial score (nSPS) is 17.8. The number of imidazole rings is 1. The monoisotopic (exact) mass is 303 g/mol. The second-order valence-corrected chi connectivity index (χ2v) is 6.94. The zero-order valence-electron chi connectivity index (χ0n) is 12.8. The number of nitrogens with one attached hydrogen (secondary N) is 1. The maximum Gasteiger partial charge on any atom is 0.203 e. The van der Waals surface area contributed by atoms with E-state index < -0.39 is 0 Å². The third-order valence-corrected chi connectivity index (χ3v) is 5.35. The lowest BCUT2D eigenvalue weighted by molar-refractivity contribution is 0.455. The highest BCUT2D eigenvalue weighted by Gasteiger charge is 2.20. The maximum absolute atomic E-state index is 4.58. The summed E-state index contributed by atoms with van der Waals surface area (Å²) in [6, 6.07) is 5.41. The van der Waals surface area contributed by atoms with Crippen LogP contribution in [-0.2, 0) is 0 Å². The van der Waals surface area contributed by atoms with Gasteiger partial charge in [0, 0.05) is 23.3 Å². The van der Waals surface area contributed by atoms with E-state index in [1.54, 1.807) is 0 Å². The van der Waals surface area contributed by atoms with Crippen molar-refractivity contribution in [2.75, 3.05) is 5.32 Å². The van der Waals surface area contributed by atoms with E-state index in [1.165, 1.54) is 43.4 Å². The summed E-state index contributed by atoms with van der Waals surface area (Å²) in [5, 5.41) is 5.86. The molecule has 1 fully saturated rings. The molecule has 0 amide bonds. The largest absolute Gasteiger partial charge is 0.353 e. The lowest BCUT2D eigenvalue weighted by Crippen LogP contribution is -2.25. The quantitative estimate of drug-likeness (QED) is 0.806. The molecule has 3 nitrogen and oxygen atoms in total. The standard InChI is InChI=1S/C17H25N3S/c1-2-7-15(16-10-6-13-21-16)20-12-11-18-17(20)19-14-8-4-3-5-9-14/h6,10-15H,2-5,7-9H2,1H3,(H,18,19). The Morgan fingerprint density at radius 3 is 2.95 bits per heavy atom. The van der Waals surface area contributed by atoms with Gasteiger partial charge in [-0.15, -0.1) is 11.3 Å². The van der Waals surface area contributed by atoms with Crippen molar-refractivity contribution in [3.63, 3.8) is 0 Å². The number of aromatic nitrogens is 2. The van der Waals surface area contributed by atoms with Gasteiger partial charge < -0.3 is 9.88 Å². The summed E-state index contributed by atoms with van der Waals surface area (Å²) in [6.45, 7) is 2.26. The van der Waals surface area contributed by atoms with Gasteiger partial charge in [0.05, 0.1) is 6.04 Å². The average molecular weight is 303 g/mol. The Labute approximate surface area is 131 Å². The molecule has 0 aromatic carbocycles. The predicted octanol–water partition coefficient (Wildman–Crippen LogP) is 5.08. The molecule has 1 unspecified atom stereocenters. The van der Waals surface area contributed by atoms with E-state index in [9.17, 15) is 0 Å². The number of nitrogens with zero attached hydrogens (tertiary/aromatic N) is 2. The maximum atomic E-state index is 4.58. The molecule has 2 heterocycles. The van der Waals surface area contributed by atoms with Crippen LogP contribution in [0, 0.1) is 0 Å². The molecule has 0 saturated heterocycles. The van der Waals surface area contributed by atoms with Crippen molar-refractivity contribution >= 4 is 17.3 Å².